The number of aromatic carboxylic acids is 1. The van der Waals surface area contributed by atoms with Gasteiger partial charge in [0.05, 0.1) is 12.7 Å². The van der Waals surface area contributed by atoms with Gasteiger partial charge < -0.3 is 9.84 Å². The SMILES string of the molecule is COc1ccc(CSC(C)C)c(C(=O)O)c1. The molecule has 0 amide bonds. The van der Waals surface area contributed by atoms with Crippen molar-refractivity contribution >= 4 is 17.7 Å². The van der Waals surface area contributed by atoms with Crippen molar-refractivity contribution in [1.29, 1.82) is 0 Å². The lowest BCUT2D eigenvalue weighted by molar-refractivity contribution is 0.0695. The van der Waals surface area contributed by atoms with Crippen LogP contribution in [0.4, 0.5) is 0 Å². The summed E-state index contributed by atoms with van der Waals surface area (Å²) in [5, 5.41) is 9.58. The molecule has 0 atom stereocenters. The second kappa shape index (κ2) is 5.80. The molecule has 1 aromatic rings. The molecule has 0 aliphatic rings. The van der Waals surface area contributed by atoms with E-state index in [1.165, 1.54) is 7.11 Å². The Balaban J connectivity index is 2.94. The van der Waals surface area contributed by atoms with Crippen molar-refractivity contribution in [2.24, 2.45) is 0 Å². The number of hydrogen-bond acceptors (Lipinski definition) is 3. The number of hydrogen-bond donors (Lipinski definition) is 1. The van der Waals surface area contributed by atoms with Crippen LogP contribution in [0, 0.1) is 0 Å². The summed E-state index contributed by atoms with van der Waals surface area (Å²) in [6.07, 6.45) is 0. The van der Waals surface area contributed by atoms with Gasteiger partial charge in [0.25, 0.3) is 0 Å². The highest BCUT2D eigenvalue weighted by Gasteiger charge is 2.11. The summed E-state index contributed by atoms with van der Waals surface area (Å²) in [6, 6.07) is 5.18. The molecule has 0 fully saturated rings. The third-order valence-corrected chi connectivity index (χ3v) is 3.26. The molecule has 0 aromatic heterocycles. The number of benzene rings is 1. The van der Waals surface area contributed by atoms with Crippen molar-refractivity contribution in [2.75, 3.05) is 7.11 Å². The monoisotopic (exact) mass is 240 g/mol. The molecule has 0 bridgehead atoms. The highest BCUT2D eigenvalue weighted by atomic mass is 32.2. The van der Waals surface area contributed by atoms with Gasteiger partial charge in [-0.3, -0.25) is 0 Å². The zero-order valence-corrected chi connectivity index (χ0v) is 10.5. The summed E-state index contributed by atoms with van der Waals surface area (Å²) in [5.41, 5.74) is 1.17. The maximum Gasteiger partial charge on any atom is 0.336 e. The van der Waals surface area contributed by atoms with Crippen molar-refractivity contribution in [3.8, 4) is 5.75 Å². The van der Waals surface area contributed by atoms with Crippen LogP contribution in [0.3, 0.4) is 0 Å². The highest BCUT2D eigenvalue weighted by Crippen LogP contribution is 2.23. The molecule has 0 aliphatic heterocycles. The van der Waals surface area contributed by atoms with Gasteiger partial charge in [0, 0.05) is 5.75 Å². The Kier molecular flexibility index (Phi) is 4.68. The van der Waals surface area contributed by atoms with E-state index in [0.29, 0.717) is 22.3 Å². The van der Waals surface area contributed by atoms with Crippen LogP contribution in [-0.2, 0) is 5.75 Å². The molecule has 0 aliphatic carbocycles. The van der Waals surface area contributed by atoms with E-state index in [1.54, 1.807) is 23.9 Å². The minimum Gasteiger partial charge on any atom is -0.497 e. The number of methoxy groups -OCH3 is 1. The first-order chi connectivity index (χ1) is 7.54. The van der Waals surface area contributed by atoms with Gasteiger partial charge in [0.1, 0.15) is 5.75 Å². The standard InChI is InChI=1S/C12H16O3S/c1-8(2)16-7-9-4-5-10(15-3)6-11(9)12(13)14/h4-6,8H,7H2,1-3H3,(H,13,14). The Morgan fingerprint density at radius 1 is 1.50 bits per heavy atom. The van der Waals surface area contributed by atoms with Crippen LogP contribution in [0.15, 0.2) is 18.2 Å². The molecule has 88 valence electrons. The minimum absolute atomic E-state index is 0.326. The largest absolute Gasteiger partial charge is 0.497 e. The Hall–Kier alpha value is -1.16. The van der Waals surface area contributed by atoms with Crippen LogP contribution < -0.4 is 4.74 Å². The average Bonchev–Trinajstić information content (AvgIpc) is 2.25. The summed E-state index contributed by atoms with van der Waals surface area (Å²) >= 11 is 1.73. The molecule has 0 heterocycles. The van der Waals surface area contributed by atoms with Gasteiger partial charge >= 0.3 is 5.97 Å². The second-order valence-electron chi connectivity index (χ2n) is 3.69. The van der Waals surface area contributed by atoms with Gasteiger partial charge in [-0.25, -0.2) is 4.79 Å². The molecule has 4 heteroatoms. The van der Waals surface area contributed by atoms with Crippen LogP contribution in [0.25, 0.3) is 0 Å². The lowest BCUT2D eigenvalue weighted by Crippen LogP contribution is -2.03. The van der Waals surface area contributed by atoms with Gasteiger partial charge in [-0.2, -0.15) is 11.8 Å². The topological polar surface area (TPSA) is 46.5 Å². The third-order valence-electron chi connectivity index (χ3n) is 2.12. The quantitative estimate of drug-likeness (QED) is 0.859. The minimum atomic E-state index is -0.904. The van der Waals surface area contributed by atoms with Crippen LogP contribution in [0.2, 0.25) is 0 Å². The van der Waals surface area contributed by atoms with Crippen LogP contribution in [-0.4, -0.2) is 23.4 Å². The van der Waals surface area contributed by atoms with Crippen LogP contribution in [0.1, 0.15) is 29.8 Å². The first-order valence-electron chi connectivity index (χ1n) is 5.06. The van der Waals surface area contributed by atoms with Gasteiger partial charge in [0.2, 0.25) is 0 Å². The van der Waals surface area contributed by atoms with Crippen molar-refractivity contribution in [2.45, 2.75) is 24.9 Å². The van der Waals surface area contributed by atoms with Crippen LogP contribution in [0.5, 0.6) is 5.75 Å². The van der Waals surface area contributed by atoms with Crippen molar-refractivity contribution in [1.82, 2.24) is 0 Å². The van der Waals surface area contributed by atoms with E-state index in [4.69, 9.17) is 9.84 Å². The number of carbonyl (C=O) groups is 1. The maximum absolute atomic E-state index is 11.1. The Bertz CT molecular complexity index is 375. The summed E-state index contributed by atoms with van der Waals surface area (Å²) in [5.74, 6) is 0.387. The van der Waals surface area contributed by atoms with E-state index >= 15 is 0 Å². The molecule has 0 saturated heterocycles. The predicted octanol–water partition coefficient (Wildman–Crippen LogP) is 3.04. The van der Waals surface area contributed by atoms with E-state index < -0.39 is 5.97 Å². The normalized spacial score (nSPS) is 10.5. The van der Waals surface area contributed by atoms with Crippen molar-refractivity contribution in [3.63, 3.8) is 0 Å². The average molecular weight is 240 g/mol. The lowest BCUT2D eigenvalue weighted by Gasteiger charge is -2.09. The summed E-state index contributed by atoms with van der Waals surface area (Å²) in [7, 11) is 1.53. The highest BCUT2D eigenvalue weighted by molar-refractivity contribution is 7.99. The van der Waals surface area contributed by atoms with E-state index in [1.807, 2.05) is 6.07 Å². The predicted molar refractivity (Wildman–Crippen MR) is 66.4 cm³/mol. The molecular formula is C12H16O3S. The maximum atomic E-state index is 11.1. The lowest BCUT2D eigenvalue weighted by atomic mass is 10.1. The number of carboxylic acids is 1. The van der Waals surface area contributed by atoms with Crippen molar-refractivity contribution in [3.05, 3.63) is 29.3 Å². The molecule has 0 saturated carbocycles. The fourth-order valence-corrected chi connectivity index (χ4v) is 2.03. The van der Waals surface area contributed by atoms with Crippen LogP contribution >= 0.6 is 11.8 Å². The van der Waals surface area contributed by atoms with E-state index in [2.05, 4.69) is 13.8 Å². The van der Waals surface area contributed by atoms with Gasteiger partial charge in [-0.1, -0.05) is 19.9 Å². The molecule has 3 nitrogen and oxygen atoms in total. The number of thioether (sulfide) groups is 1. The molecular weight excluding hydrogens is 224 g/mol. The summed E-state index contributed by atoms with van der Waals surface area (Å²) in [6.45, 7) is 4.18. The fourth-order valence-electron chi connectivity index (χ4n) is 1.26. The van der Waals surface area contributed by atoms with E-state index in [-0.39, 0.29) is 0 Å². The van der Waals surface area contributed by atoms with Gasteiger partial charge in [-0.05, 0) is 22.9 Å². The molecule has 0 spiro atoms. The smallest absolute Gasteiger partial charge is 0.336 e. The van der Waals surface area contributed by atoms with Crippen molar-refractivity contribution < 1.29 is 14.6 Å². The fraction of sp³-hybridized carbons (Fsp3) is 0.417. The zero-order chi connectivity index (χ0) is 12.1. The molecule has 1 aromatic carbocycles. The molecule has 0 unspecified atom stereocenters. The second-order valence-corrected chi connectivity index (χ2v) is 5.25. The Morgan fingerprint density at radius 2 is 2.19 bits per heavy atom. The number of ether oxygens (including phenoxy) is 1. The Labute approximate surface area is 99.8 Å². The van der Waals surface area contributed by atoms with E-state index in [9.17, 15) is 4.79 Å². The number of carboxylic acid groups (broad SMARTS) is 1. The number of rotatable bonds is 5. The molecule has 1 N–H and O–H groups in total. The third kappa shape index (κ3) is 3.45. The molecule has 1 rings (SSSR count). The first kappa shape index (κ1) is 12.9. The van der Waals surface area contributed by atoms with Gasteiger partial charge in [0.15, 0.2) is 0 Å². The zero-order valence-electron chi connectivity index (χ0n) is 9.69. The summed E-state index contributed by atoms with van der Waals surface area (Å²) in [4.78, 5) is 11.1. The summed E-state index contributed by atoms with van der Waals surface area (Å²) < 4.78 is 5.02. The molecule has 0 radical (unpaired) electrons. The molecule has 16 heavy (non-hydrogen) atoms. The van der Waals surface area contributed by atoms with Gasteiger partial charge in [-0.15, -0.1) is 0 Å². The first-order valence-corrected chi connectivity index (χ1v) is 6.11. The Morgan fingerprint density at radius 3 is 2.69 bits per heavy atom. The van der Waals surface area contributed by atoms with E-state index in [0.717, 1.165) is 5.56 Å².